The van der Waals surface area contributed by atoms with Crippen LogP contribution in [-0.4, -0.2) is 51.9 Å². The lowest BCUT2D eigenvalue weighted by Crippen LogP contribution is -2.49. The van der Waals surface area contributed by atoms with Crippen molar-refractivity contribution in [2.75, 3.05) is 38.8 Å². The molecule has 6 nitrogen and oxygen atoms in total. The second-order valence-electron chi connectivity index (χ2n) is 7.26. The molecule has 1 aliphatic carbocycles. The van der Waals surface area contributed by atoms with Crippen LogP contribution in [0.2, 0.25) is 0 Å². The molecule has 152 valence electrons. The fourth-order valence-electron chi connectivity index (χ4n) is 3.44. The van der Waals surface area contributed by atoms with Gasteiger partial charge in [0.15, 0.2) is 5.96 Å². The van der Waals surface area contributed by atoms with E-state index in [1.165, 1.54) is 6.42 Å². The first-order chi connectivity index (χ1) is 12.6. The molecule has 2 fully saturated rings. The maximum Gasteiger partial charge on any atom is 0.191 e. The van der Waals surface area contributed by atoms with Crippen LogP contribution >= 0.6 is 24.0 Å². The molecule has 0 aromatic heterocycles. The summed E-state index contributed by atoms with van der Waals surface area (Å²) in [5.41, 5.74) is 1.16. The summed E-state index contributed by atoms with van der Waals surface area (Å²) in [7, 11) is 3.38. The van der Waals surface area contributed by atoms with E-state index >= 15 is 0 Å². The largest absolute Gasteiger partial charge is 0.497 e. The summed E-state index contributed by atoms with van der Waals surface area (Å²) in [5, 5.41) is 7.18. The van der Waals surface area contributed by atoms with E-state index in [2.05, 4.69) is 46.5 Å². The molecule has 1 aromatic rings. The van der Waals surface area contributed by atoms with E-state index in [0.29, 0.717) is 12.1 Å². The van der Waals surface area contributed by atoms with Crippen molar-refractivity contribution in [3.63, 3.8) is 0 Å². The minimum absolute atomic E-state index is 0. The summed E-state index contributed by atoms with van der Waals surface area (Å²) in [5.74, 6) is 3.41. The van der Waals surface area contributed by atoms with Crippen LogP contribution in [0.4, 0.5) is 5.69 Å². The van der Waals surface area contributed by atoms with Gasteiger partial charge in [-0.3, -0.25) is 4.99 Å². The Morgan fingerprint density at radius 1 is 1.11 bits per heavy atom. The topological polar surface area (TPSA) is 58.1 Å². The molecule has 2 N–H and O–H groups in total. The van der Waals surface area contributed by atoms with Crippen molar-refractivity contribution in [1.82, 2.24) is 10.6 Å². The highest BCUT2D eigenvalue weighted by atomic mass is 127. The quantitative estimate of drug-likeness (QED) is 0.366. The average molecular weight is 488 g/mol. The molecule has 1 saturated carbocycles. The Hall–Kier alpha value is -1.38. The predicted octanol–water partition coefficient (Wildman–Crippen LogP) is 3.25. The van der Waals surface area contributed by atoms with Gasteiger partial charge in [-0.15, -0.1) is 24.0 Å². The maximum absolute atomic E-state index is 5.40. The Balaban J connectivity index is 0.00000261. The van der Waals surface area contributed by atoms with Gasteiger partial charge in [0.05, 0.1) is 14.2 Å². The highest BCUT2D eigenvalue weighted by Crippen LogP contribution is 2.30. The van der Waals surface area contributed by atoms with E-state index < -0.39 is 0 Å². The van der Waals surface area contributed by atoms with Crippen LogP contribution in [0, 0.1) is 5.92 Å². The van der Waals surface area contributed by atoms with Gasteiger partial charge in [-0.05, 0) is 32.1 Å². The lowest BCUT2D eigenvalue weighted by molar-refractivity contribution is 0.393. The van der Waals surface area contributed by atoms with Crippen LogP contribution in [0.1, 0.15) is 33.1 Å². The Morgan fingerprint density at radius 3 is 2.19 bits per heavy atom. The van der Waals surface area contributed by atoms with Gasteiger partial charge in [-0.2, -0.15) is 0 Å². The Bertz CT molecular complexity index is 610. The highest BCUT2D eigenvalue weighted by Gasteiger charge is 2.33. The van der Waals surface area contributed by atoms with E-state index in [0.717, 1.165) is 61.5 Å². The van der Waals surface area contributed by atoms with E-state index in [-0.39, 0.29) is 24.0 Å². The number of benzene rings is 1. The standard InChI is InChI=1S/C20H32N4O2.HI/c1-5-21-20(23-19-10-14(19)2)22-15-6-8-24(9-7-15)16-11-17(25-3)13-18(12-16)26-4;/h11-15,19H,5-10H2,1-4H3,(H2,21,22,23);1H. The summed E-state index contributed by atoms with van der Waals surface area (Å²) in [6.07, 6.45) is 3.43. The van der Waals surface area contributed by atoms with Gasteiger partial charge in [0, 0.05) is 55.6 Å². The molecule has 1 aliphatic heterocycles. The van der Waals surface area contributed by atoms with Gasteiger partial charge in [0.2, 0.25) is 0 Å². The van der Waals surface area contributed by atoms with Crippen molar-refractivity contribution < 1.29 is 9.47 Å². The number of anilines is 1. The fraction of sp³-hybridized carbons (Fsp3) is 0.650. The Kier molecular flexibility index (Phi) is 8.31. The van der Waals surface area contributed by atoms with Gasteiger partial charge in [-0.25, -0.2) is 0 Å². The first-order valence-corrected chi connectivity index (χ1v) is 9.68. The Morgan fingerprint density at radius 2 is 1.70 bits per heavy atom. The predicted molar refractivity (Wildman–Crippen MR) is 122 cm³/mol. The number of piperidine rings is 1. The molecule has 2 aliphatic rings. The number of nitrogens with zero attached hydrogens (tertiary/aromatic N) is 2. The molecule has 27 heavy (non-hydrogen) atoms. The molecule has 1 aromatic carbocycles. The van der Waals surface area contributed by atoms with Crippen molar-refractivity contribution >= 4 is 35.6 Å². The molecule has 3 rings (SSSR count). The van der Waals surface area contributed by atoms with Crippen molar-refractivity contribution in [2.45, 2.75) is 45.2 Å². The summed E-state index contributed by atoms with van der Waals surface area (Å²) in [6.45, 7) is 7.18. The van der Waals surface area contributed by atoms with Crippen molar-refractivity contribution in [1.29, 1.82) is 0 Å². The smallest absolute Gasteiger partial charge is 0.191 e. The minimum Gasteiger partial charge on any atom is -0.497 e. The molecule has 0 spiro atoms. The monoisotopic (exact) mass is 488 g/mol. The van der Waals surface area contributed by atoms with Crippen molar-refractivity contribution in [3.05, 3.63) is 18.2 Å². The molecule has 2 unspecified atom stereocenters. The van der Waals surface area contributed by atoms with Gasteiger partial charge in [-0.1, -0.05) is 6.92 Å². The van der Waals surface area contributed by atoms with Gasteiger partial charge < -0.3 is 25.0 Å². The van der Waals surface area contributed by atoms with Crippen LogP contribution in [0.25, 0.3) is 0 Å². The summed E-state index contributed by atoms with van der Waals surface area (Å²) in [6, 6.07) is 7.13. The minimum atomic E-state index is 0. The zero-order valence-electron chi connectivity index (χ0n) is 16.8. The molecule has 0 bridgehead atoms. The number of guanidine groups is 1. The third kappa shape index (κ3) is 6.05. The molecule has 7 heteroatoms. The van der Waals surface area contributed by atoms with Crippen LogP contribution < -0.4 is 25.0 Å². The molecule has 0 radical (unpaired) electrons. The Labute approximate surface area is 180 Å². The van der Waals surface area contributed by atoms with E-state index in [4.69, 9.17) is 9.47 Å². The number of halogens is 1. The summed E-state index contributed by atoms with van der Waals surface area (Å²) < 4.78 is 10.8. The summed E-state index contributed by atoms with van der Waals surface area (Å²) >= 11 is 0. The fourth-order valence-corrected chi connectivity index (χ4v) is 3.44. The second kappa shape index (κ2) is 10.2. The third-order valence-electron chi connectivity index (χ3n) is 5.28. The average Bonchev–Trinajstić information content (AvgIpc) is 3.36. The molecule has 1 heterocycles. The third-order valence-corrected chi connectivity index (χ3v) is 5.28. The molecular formula is C20H33IN4O2. The number of methoxy groups -OCH3 is 2. The van der Waals surface area contributed by atoms with Crippen LogP contribution in [0.3, 0.4) is 0 Å². The van der Waals surface area contributed by atoms with Gasteiger partial charge in [0.1, 0.15) is 11.5 Å². The SMILES string of the molecule is CCN=C(NC1CCN(c2cc(OC)cc(OC)c2)CC1)NC1CC1C.I. The van der Waals surface area contributed by atoms with Crippen molar-refractivity contribution in [2.24, 2.45) is 10.9 Å². The van der Waals surface area contributed by atoms with E-state index in [9.17, 15) is 0 Å². The first-order valence-electron chi connectivity index (χ1n) is 9.68. The number of hydrogen-bond acceptors (Lipinski definition) is 4. The number of hydrogen-bond donors (Lipinski definition) is 2. The van der Waals surface area contributed by atoms with E-state index in [1.54, 1.807) is 14.2 Å². The number of ether oxygens (including phenoxy) is 2. The van der Waals surface area contributed by atoms with Crippen LogP contribution in [-0.2, 0) is 0 Å². The molecule has 0 amide bonds. The van der Waals surface area contributed by atoms with Crippen LogP contribution in [0.15, 0.2) is 23.2 Å². The van der Waals surface area contributed by atoms with Gasteiger partial charge in [0.25, 0.3) is 0 Å². The van der Waals surface area contributed by atoms with Crippen molar-refractivity contribution in [3.8, 4) is 11.5 Å². The van der Waals surface area contributed by atoms with Crippen LogP contribution in [0.5, 0.6) is 11.5 Å². The highest BCUT2D eigenvalue weighted by molar-refractivity contribution is 14.0. The molecular weight excluding hydrogens is 455 g/mol. The zero-order valence-corrected chi connectivity index (χ0v) is 19.2. The zero-order chi connectivity index (χ0) is 18.5. The lowest BCUT2D eigenvalue weighted by atomic mass is 10.0. The number of rotatable bonds is 6. The van der Waals surface area contributed by atoms with Gasteiger partial charge >= 0.3 is 0 Å². The number of nitrogens with one attached hydrogen (secondary N) is 2. The molecule has 2 atom stereocenters. The maximum atomic E-state index is 5.40. The normalized spacial score (nSPS) is 22.7. The lowest BCUT2D eigenvalue weighted by Gasteiger charge is -2.35. The number of aliphatic imine (C=N–C) groups is 1. The molecule has 1 saturated heterocycles. The first kappa shape index (κ1) is 21.9. The van der Waals surface area contributed by atoms with E-state index in [1.807, 2.05) is 6.07 Å². The second-order valence-corrected chi connectivity index (χ2v) is 7.26. The summed E-state index contributed by atoms with van der Waals surface area (Å²) in [4.78, 5) is 7.00.